The number of carbonyl (C=O) groups is 3. The zero-order chi connectivity index (χ0) is 58.5. The van der Waals surface area contributed by atoms with Crippen molar-refractivity contribution in [2.75, 3.05) is 13.2 Å². The zero-order valence-corrected chi connectivity index (χ0v) is 53.5. The maximum Gasteiger partial charge on any atom is 0.306 e. The summed E-state index contributed by atoms with van der Waals surface area (Å²) in [5.41, 5.74) is 0. The van der Waals surface area contributed by atoms with Crippen LogP contribution in [-0.2, 0) is 28.6 Å². The molecule has 0 aromatic carbocycles. The van der Waals surface area contributed by atoms with Crippen LogP contribution in [0.5, 0.6) is 0 Å². The summed E-state index contributed by atoms with van der Waals surface area (Å²) in [6, 6.07) is 0. The molecule has 0 aliphatic heterocycles. The molecule has 1 unspecified atom stereocenters. The zero-order valence-electron chi connectivity index (χ0n) is 53.5. The SMILES string of the molecule is CC/C=C\C/C=C\C/C=C\C/C=C\C/C=C\CCCCCCCCCC(=O)OC(COC(=O)CCCCCCC/C=C\CCCCCC)COC(=O)CCCCCCCCCCCCCCCCC/C=C\C/C=C\CCCCCCC. The van der Waals surface area contributed by atoms with E-state index in [-0.39, 0.29) is 31.1 Å². The van der Waals surface area contributed by atoms with E-state index in [0.29, 0.717) is 19.3 Å². The molecule has 0 N–H and O–H groups in total. The highest BCUT2D eigenvalue weighted by Crippen LogP contribution is 2.17. The molecule has 81 heavy (non-hydrogen) atoms. The molecule has 0 heterocycles. The number of hydrogen-bond donors (Lipinski definition) is 0. The third kappa shape index (κ3) is 67.0. The fourth-order valence-electron chi connectivity index (χ4n) is 9.85. The molecule has 0 aliphatic carbocycles. The van der Waals surface area contributed by atoms with Crippen LogP contribution in [0.4, 0.5) is 0 Å². The topological polar surface area (TPSA) is 78.9 Å². The maximum absolute atomic E-state index is 12.9. The molecule has 0 saturated heterocycles. The average Bonchev–Trinajstić information content (AvgIpc) is 3.46. The first kappa shape index (κ1) is 77.3. The van der Waals surface area contributed by atoms with E-state index in [9.17, 15) is 14.4 Å². The predicted molar refractivity (Wildman–Crippen MR) is 353 cm³/mol. The van der Waals surface area contributed by atoms with Crippen molar-refractivity contribution in [2.24, 2.45) is 0 Å². The quantitative estimate of drug-likeness (QED) is 0.0261. The number of carbonyl (C=O) groups excluding carboxylic acids is 3. The number of unbranched alkanes of at least 4 members (excludes halogenated alkanes) is 36. The van der Waals surface area contributed by atoms with E-state index in [2.05, 4.69) is 118 Å². The van der Waals surface area contributed by atoms with Crippen molar-refractivity contribution in [3.63, 3.8) is 0 Å². The molecule has 6 nitrogen and oxygen atoms in total. The molecule has 0 spiro atoms. The Labute approximate surface area is 502 Å². The first-order valence-corrected chi connectivity index (χ1v) is 34.7. The Hall–Kier alpha value is -3.67. The van der Waals surface area contributed by atoms with Gasteiger partial charge in [0.2, 0.25) is 0 Å². The third-order valence-corrected chi connectivity index (χ3v) is 15.0. The number of ether oxygens (including phenoxy) is 3. The Morgan fingerprint density at radius 3 is 0.778 bits per heavy atom. The van der Waals surface area contributed by atoms with Crippen LogP contribution in [0.1, 0.15) is 342 Å². The average molecular weight is 1130 g/mol. The van der Waals surface area contributed by atoms with E-state index in [0.717, 1.165) is 109 Å². The van der Waals surface area contributed by atoms with Crippen LogP contribution >= 0.6 is 0 Å². The van der Waals surface area contributed by atoms with Gasteiger partial charge in [-0.2, -0.15) is 0 Å². The Balaban J connectivity index is 4.30. The van der Waals surface area contributed by atoms with Gasteiger partial charge in [-0.05, 0) is 122 Å². The fourth-order valence-corrected chi connectivity index (χ4v) is 9.85. The second kappa shape index (κ2) is 68.8. The molecule has 0 aromatic heterocycles. The van der Waals surface area contributed by atoms with Crippen molar-refractivity contribution in [3.8, 4) is 0 Å². The van der Waals surface area contributed by atoms with Gasteiger partial charge in [0.05, 0.1) is 0 Å². The minimum atomic E-state index is -0.789. The van der Waals surface area contributed by atoms with Gasteiger partial charge < -0.3 is 14.2 Å². The molecule has 1 atom stereocenters. The highest BCUT2D eigenvalue weighted by atomic mass is 16.6. The molecule has 6 heteroatoms. The first-order chi connectivity index (χ1) is 40.0. The summed E-state index contributed by atoms with van der Waals surface area (Å²) in [6.45, 7) is 6.52. The van der Waals surface area contributed by atoms with E-state index < -0.39 is 6.10 Å². The Bertz CT molecular complexity index is 1580. The largest absolute Gasteiger partial charge is 0.462 e. The van der Waals surface area contributed by atoms with Crippen LogP contribution in [0.2, 0.25) is 0 Å². The lowest BCUT2D eigenvalue weighted by Gasteiger charge is -2.18. The number of hydrogen-bond acceptors (Lipinski definition) is 6. The monoisotopic (exact) mass is 1130 g/mol. The van der Waals surface area contributed by atoms with Crippen molar-refractivity contribution in [1.29, 1.82) is 0 Å². The molecule has 466 valence electrons. The van der Waals surface area contributed by atoms with Crippen molar-refractivity contribution in [3.05, 3.63) is 97.2 Å². The van der Waals surface area contributed by atoms with Crippen LogP contribution in [-0.4, -0.2) is 37.2 Å². The molecular formula is C75H130O6. The van der Waals surface area contributed by atoms with Crippen LogP contribution in [0.3, 0.4) is 0 Å². The molecule has 0 saturated carbocycles. The standard InChI is InChI=1S/C75H130O6/c1-4-7-10-13-16-19-22-25-27-29-31-33-35-36-37-38-40-41-43-45-47-50-53-56-59-62-65-68-74(77)80-71-72(70-79-73(76)67-64-61-58-55-52-49-24-21-18-15-12-9-6-3)81-75(78)69-66-63-60-57-54-51-48-46-44-42-39-34-32-30-28-26-23-20-17-14-11-8-5-2/h8,11,17,20-22,24-26,28-29,31-32,34,42,44,72H,4-7,9-10,12-16,18-19,23,27,30,33,35-41,43,45-71H2,1-3H3/b11-8-,20-17-,24-21-,25-22-,28-26-,31-29-,34-32-,44-42-. The number of rotatable bonds is 63. The summed E-state index contributed by atoms with van der Waals surface area (Å²) >= 11 is 0. The van der Waals surface area contributed by atoms with E-state index >= 15 is 0 Å². The number of allylic oxidation sites excluding steroid dienone is 16. The molecular weight excluding hydrogens is 997 g/mol. The molecule has 0 fully saturated rings. The lowest BCUT2D eigenvalue weighted by atomic mass is 10.0. The number of esters is 3. The summed E-state index contributed by atoms with van der Waals surface area (Å²) in [6.07, 6.45) is 92.8. The summed E-state index contributed by atoms with van der Waals surface area (Å²) in [4.78, 5) is 38.4. The Morgan fingerprint density at radius 1 is 0.259 bits per heavy atom. The predicted octanol–water partition coefficient (Wildman–Crippen LogP) is 24.0. The van der Waals surface area contributed by atoms with Crippen LogP contribution in [0, 0.1) is 0 Å². The van der Waals surface area contributed by atoms with Crippen molar-refractivity contribution >= 4 is 17.9 Å². The molecule has 0 rings (SSSR count). The van der Waals surface area contributed by atoms with Gasteiger partial charge in [-0.1, -0.05) is 298 Å². The van der Waals surface area contributed by atoms with Crippen LogP contribution in [0.15, 0.2) is 97.2 Å². The van der Waals surface area contributed by atoms with Crippen molar-refractivity contribution in [1.82, 2.24) is 0 Å². The molecule has 0 amide bonds. The Kier molecular flexibility index (Phi) is 65.7. The summed E-state index contributed by atoms with van der Waals surface area (Å²) in [5, 5.41) is 0. The van der Waals surface area contributed by atoms with Gasteiger partial charge in [0.15, 0.2) is 6.10 Å². The van der Waals surface area contributed by atoms with Crippen LogP contribution in [0.25, 0.3) is 0 Å². The summed E-state index contributed by atoms with van der Waals surface area (Å²) in [7, 11) is 0. The van der Waals surface area contributed by atoms with E-state index in [1.165, 1.54) is 193 Å². The minimum absolute atomic E-state index is 0.0830. The van der Waals surface area contributed by atoms with Gasteiger partial charge in [0, 0.05) is 19.3 Å². The van der Waals surface area contributed by atoms with Crippen molar-refractivity contribution in [2.45, 2.75) is 348 Å². The second-order valence-corrected chi connectivity index (χ2v) is 23.1. The first-order valence-electron chi connectivity index (χ1n) is 34.7. The normalized spacial score (nSPS) is 12.7. The summed E-state index contributed by atoms with van der Waals surface area (Å²) in [5.74, 6) is -0.890. The third-order valence-electron chi connectivity index (χ3n) is 15.0. The fraction of sp³-hybridized carbons (Fsp3) is 0.747. The highest BCUT2D eigenvalue weighted by molar-refractivity contribution is 5.71. The van der Waals surface area contributed by atoms with E-state index in [4.69, 9.17) is 14.2 Å². The minimum Gasteiger partial charge on any atom is -0.462 e. The molecule has 0 aromatic rings. The van der Waals surface area contributed by atoms with E-state index in [1.807, 2.05) is 0 Å². The highest BCUT2D eigenvalue weighted by Gasteiger charge is 2.19. The van der Waals surface area contributed by atoms with Gasteiger partial charge in [-0.3, -0.25) is 14.4 Å². The lowest BCUT2D eigenvalue weighted by molar-refractivity contribution is -0.167. The van der Waals surface area contributed by atoms with Crippen molar-refractivity contribution < 1.29 is 28.6 Å². The lowest BCUT2D eigenvalue weighted by Crippen LogP contribution is -2.30. The van der Waals surface area contributed by atoms with Gasteiger partial charge in [0.1, 0.15) is 13.2 Å². The van der Waals surface area contributed by atoms with E-state index in [1.54, 1.807) is 0 Å². The Morgan fingerprint density at radius 2 is 0.481 bits per heavy atom. The van der Waals surface area contributed by atoms with Gasteiger partial charge in [0.25, 0.3) is 0 Å². The molecule has 0 bridgehead atoms. The second-order valence-electron chi connectivity index (χ2n) is 23.1. The van der Waals surface area contributed by atoms with Gasteiger partial charge >= 0.3 is 17.9 Å². The maximum atomic E-state index is 12.9. The van der Waals surface area contributed by atoms with Gasteiger partial charge in [-0.15, -0.1) is 0 Å². The molecule has 0 aliphatic rings. The van der Waals surface area contributed by atoms with Crippen LogP contribution < -0.4 is 0 Å². The van der Waals surface area contributed by atoms with Gasteiger partial charge in [-0.25, -0.2) is 0 Å². The smallest absolute Gasteiger partial charge is 0.306 e. The summed E-state index contributed by atoms with van der Waals surface area (Å²) < 4.78 is 17.0. The molecule has 0 radical (unpaired) electrons.